The van der Waals surface area contributed by atoms with Gasteiger partial charge in [-0.25, -0.2) is 0 Å². The molecule has 2 atom stereocenters. The van der Waals surface area contributed by atoms with Gasteiger partial charge >= 0.3 is 5.97 Å². The van der Waals surface area contributed by atoms with Crippen LogP contribution in [0.1, 0.15) is 354 Å². The maximum atomic E-state index is 12.5. The molecule has 0 bridgehead atoms. The van der Waals surface area contributed by atoms with Crippen molar-refractivity contribution in [3.63, 3.8) is 0 Å². The van der Waals surface area contributed by atoms with Crippen LogP contribution in [0.4, 0.5) is 0 Å². The molecule has 0 aliphatic rings. The molecule has 0 saturated heterocycles. The number of amides is 1. The Morgan fingerprint density at radius 2 is 0.667 bits per heavy atom. The summed E-state index contributed by atoms with van der Waals surface area (Å²) in [7, 11) is 0. The first-order valence-electron chi connectivity index (χ1n) is 33.4. The molecule has 0 aliphatic heterocycles. The predicted molar refractivity (Wildman–Crippen MR) is 329 cm³/mol. The summed E-state index contributed by atoms with van der Waals surface area (Å²) in [5, 5.41) is 23.3. The van der Waals surface area contributed by atoms with Gasteiger partial charge in [-0.05, 0) is 89.9 Å². The fourth-order valence-electron chi connectivity index (χ4n) is 10.2. The van der Waals surface area contributed by atoms with Crippen LogP contribution in [0.25, 0.3) is 0 Å². The number of carbonyl (C=O) groups excluding carboxylic acids is 2. The minimum atomic E-state index is -0.672. The van der Waals surface area contributed by atoms with Gasteiger partial charge in [-0.3, -0.25) is 9.59 Å². The van der Waals surface area contributed by atoms with Crippen molar-refractivity contribution in [2.45, 2.75) is 366 Å². The van der Waals surface area contributed by atoms with E-state index in [4.69, 9.17) is 4.74 Å². The SMILES string of the molecule is CCCCCC/C=C\C/C=C\CCCCCCCCCC(=O)OCCCCCCCCCCC/C=C\C/C=C\CCCCCCCCCC(=O)NC(CO)C(O)CCCCCCCCCCCCCCCCCCC. The minimum Gasteiger partial charge on any atom is -0.466 e. The number of hydrogen-bond donors (Lipinski definition) is 3. The summed E-state index contributed by atoms with van der Waals surface area (Å²) in [6, 6.07) is -0.550. The summed E-state index contributed by atoms with van der Waals surface area (Å²) in [4.78, 5) is 24.6. The van der Waals surface area contributed by atoms with E-state index >= 15 is 0 Å². The van der Waals surface area contributed by atoms with Gasteiger partial charge in [-0.2, -0.15) is 0 Å². The molecule has 0 aromatic carbocycles. The number of carbonyl (C=O) groups is 2. The third-order valence-corrected chi connectivity index (χ3v) is 15.4. The third-order valence-electron chi connectivity index (χ3n) is 15.4. The molecule has 0 rings (SSSR count). The monoisotopic (exact) mass is 1050 g/mol. The van der Waals surface area contributed by atoms with Gasteiger partial charge in [0.1, 0.15) is 0 Å². The number of aliphatic hydroxyl groups is 2. The van der Waals surface area contributed by atoms with Gasteiger partial charge in [0.05, 0.1) is 25.4 Å². The first kappa shape index (κ1) is 72.8. The predicted octanol–water partition coefficient (Wildman–Crippen LogP) is 21.3. The van der Waals surface area contributed by atoms with Crippen molar-refractivity contribution in [1.29, 1.82) is 0 Å². The van der Waals surface area contributed by atoms with Gasteiger partial charge in [-0.1, -0.05) is 300 Å². The molecule has 0 saturated carbocycles. The molecule has 2 unspecified atom stereocenters. The summed E-state index contributed by atoms with van der Waals surface area (Å²) in [5.74, 6) is -0.0438. The lowest BCUT2D eigenvalue weighted by Crippen LogP contribution is -2.45. The number of nitrogens with one attached hydrogen (secondary N) is 1. The largest absolute Gasteiger partial charge is 0.466 e. The molecule has 0 fully saturated rings. The Labute approximate surface area is 467 Å². The Bertz CT molecular complexity index is 1260. The van der Waals surface area contributed by atoms with Crippen molar-refractivity contribution in [1.82, 2.24) is 5.32 Å². The lowest BCUT2D eigenvalue weighted by molar-refractivity contribution is -0.143. The number of hydrogen-bond acceptors (Lipinski definition) is 5. The van der Waals surface area contributed by atoms with Crippen LogP contribution in [0, 0.1) is 0 Å². The molecule has 3 N–H and O–H groups in total. The van der Waals surface area contributed by atoms with Crippen molar-refractivity contribution in [3.05, 3.63) is 48.6 Å². The summed E-state index contributed by atoms with van der Waals surface area (Å²) >= 11 is 0. The molecule has 0 heterocycles. The quantitative estimate of drug-likeness (QED) is 0.0320. The Morgan fingerprint density at radius 3 is 1.03 bits per heavy atom. The topological polar surface area (TPSA) is 95.9 Å². The summed E-state index contributed by atoms with van der Waals surface area (Å²) in [6.45, 7) is 4.94. The highest BCUT2D eigenvalue weighted by Crippen LogP contribution is 2.18. The van der Waals surface area contributed by atoms with Crippen molar-refractivity contribution >= 4 is 11.9 Å². The highest BCUT2D eigenvalue weighted by molar-refractivity contribution is 5.76. The second kappa shape index (κ2) is 64.3. The summed E-state index contributed by atoms with van der Waals surface area (Å²) in [5.41, 5.74) is 0. The Balaban J connectivity index is 3.45. The van der Waals surface area contributed by atoms with Crippen LogP contribution in [0.2, 0.25) is 0 Å². The van der Waals surface area contributed by atoms with E-state index in [0.29, 0.717) is 25.9 Å². The molecule has 440 valence electrons. The molecule has 6 nitrogen and oxygen atoms in total. The number of unbranched alkanes of at least 4 members (excludes halogenated alkanes) is 43. The van der Waals surface area contributed by atoms with Gasteiger partial charge in [0.2, 0.25) is 5.91 Å². The average molecular weight is 1050 g/mol. The number of allylic oxidation sites excluding steroid dienone is 8. The van der Waals surface area contributed by atoms with Gasteiger partial charge in [0.15, 0.2) is 0 Å². The number of rotatable bonds is 62. The van der Waals surface area contributed by atoms with E-state index in [1.807, 2.05) is 0 Å². The maximum Gasteiger partial charge on any atom is 0.305 e. The van der Waals surface area contributed by atoms with Crippen molar-refractivity contribution in [3.8, 4) is 0 Å². The molecule has 6 heteroatoms. The lowest BCUT2D eigenvalue weighted by Gasteiger charge is -2.22. The summed E-state index contributed by atoms with van der Waals surface area (Å²) in [6.07, 6.45) is 82.7. The lowest BCUT2D eigenvalue weighted by atomic mass is 10.0. The van der Waals surface area contributed by atoms with Crippen LogP contribution in [0.15, 0.2) is 48.6 Å². The molecule has 0 spiro atoms. The number of aliphatic hydroxyl groups excluding tert-OH is 2. The van der Waals surface area contributed by atoms with Gasteiger partial charge in [-0.15, -0.1) is 0 Å². The Kier molecular flexibility index (Phi) is 62.5. The maximum absolute atomic E-state index is 12.5. The first-order valence-corrected chi connectivity index (χ1v) is 33.4. The second-order valence-electron chi connectivity index (χ2n) is 22.8. The van der Waals surface area contributed by atoms with Crippen LogP contribution in [0.3, 0.4) is 0 Å². The first-order chi connectivity index (χ1) is 37.0. The molecular formula is C69H129NO5. The highest BCUT2D eigenvalue weighted by Gasteiger charge is 2.20. The van der Waals surface area contributed by atoms with E-state index in [0.717, 1.165) is 64.2 Å². The molecule has 0 radical (unpaired) electrons. The molecular weight excluding hydrogens is 923 g/mol. The fourth-order valence-corrected chi connectivity index (χ4v) is 10.2. The van der Waals surface area contributed by atoms with Crippen LogP contribution in [-0.2, 0) is 14.3 Å². The molecule has 1 amide bonds. The standard InChI is InChI=1S/C69H129NO5/c1-3-5-7-9-11-13-15-17-19-21-31-35-39-43-47-51-55-59-63-69(74)75-64-60-56-52-48-44-40-36-32-28-26-24-22-23-25-27-30-34-38-42-46-50-54-58-62-68(73)70-66(65-71)67(72)61-57-53-49-45-41-37-33-29-20-18-16-14-12-10-8-6-4-2/h13,15,19,21-22,24-25,27,66-67,71-72H,3-12,14,16-18,20,23,26,28-65H2,1-2H3,(H,70,73)/b15-13-,21-19-,24-22-,27-25-. The zero-order valence-electron chi connectivity index (χ0n) is 50.3. The second-order valence-corrected chi connectivity index (χ2v) is 22.8. The zero-order chi connectivity index (χ0) is 54.3. The van der Waals surface area contributed by atoms with E-state index < -0.39 is 12.1 Å². The number of ether oxygens (including phenoxy) is 1. The molecule has 0 aromatic heterocycles. The van der Waals surface area contributed by atoms with Crippen LogP contribution in [-0.4, -0.2) is 47.4 Å². The molecule has 75 heavy (non-hydrogen) atoms. The van der Waals surface area contributed by atoms with Gasteiger partial charge < -0.3 is 20.3 Å². The molecule has 0 aliphatic carbocycles. The Hall–Kier alpha value is -2.18. The summed E-state index contributed by atoms with van der Waals surface area (Å²) < 4.78 is 5.49. The van der Waals surface area contributed by atoms with Crippen molar-refractivity contribution in [2.24, 2.45) is 0 Å². The van der Waals surface area contributed by atoms with Crippen LogP contribution >= 0.6 is 0 Å². The average Bonchev–Trinajstić information content (AvgIpc) is 3.41. The third kappa shape index (κ3) is 60.9. The molecule has 0 aromatic rings. The minimum absolute atomic E-state index is 0.000172. The van der Waals surface area contributed by atoms with Crippen LogP contribution in [0.5, 0.6) is 0 Å². The van der Waals surface area contributed by atoms with E-state index in [9.17, 15) is 19.8 Å². The fraction of sp³-hybridized carbons (Fsp3) is 0.855. The smallest absolute Gasteiger partial charge is 0.305 e. The zero-order valence-corrected chi connectivity index (χ0v) is 50.3. The van der Waals surface area contributed by atoms with E-state index in [1.54, 1.807) is 0 Å². The van der Waals surface area contributed by atoms with E-state index in [-0.39, 0.29) is 18.5 Å². The van der Waals surface area contributed by atoms with Gasteiger partial charge in [0.25, 0.3) is 0 Å². The normalized spacial score (nSPS) is 12.9. The van der Waals surface area contributed by atoms with Crippen LogP contribution < -0.4 is 5.32 Å². The van der Waals surface area contributed by atoms with Crippen molar-refractivity contribution < 1.29 is 24.5 Å². The van der Waals surface area contributed by atoms with E-state index in [2.05, 4.69) is 67.8 Å². The highest BCUT2D eigenvalue weighted by atomic mass is 16.5. The number of esters is 1. The van der Waals surface area contributed by atoms with Gasteiger partial charge in [0, 0.05) is 12.8 Å². The van der Waals surface area contributed by atoms with Crippen molar-refractivity contribution in [2.75, 3.05) is 13.2 Å². The Morgan fingerprint density at radius 1 is 0.373 bits per heavy atom. The van der Waals surface area contributed by atoms with E-state index in [1.165, 1.54) is 257 Å².